The molecule has 2 N–H and O–H groups in total. The van der Waals surface area contributed by atoms with Gasteiger partial charge in [0.05, 0.1) is 12.2 Å². The van der Waals surface area contributed by atoms with Gasteiger partial charge in [0.15, 0.2) is 16.6 Å². The van der Waals surface area contributed by atoms with Gasteiger partial charge in [0.1, 0.15) is 0 Å². The molecule has 0 radical (unpaired) electrons. The van der Waals surface area contributed by atoms with E-state index in [4.69, 9.17) is 8.85 Å². The van der Waals surface area contributed by atoms with Crippen molar-refractivity contribution in [2.24, 2.45) is 11.8 Å². The second-order valence-corrected chi connectivity index (χ2v) is 20.6. The molecule has 0 aromatic heterocycles. The van der Waals surface area contributed by atoms with E-state index >= 15 is 0 Å². The van der Waals surface area contributed by atoms with Crippen LogP contribution in [0.1, 0.15) is 54.4 Å². The minimum Gasteiger partial charge on any atom is -0.414 e. The van der Waals surface area contributed by atoms with Crippen molar-refractivity contribution in [3.63, 3.8) is 0 Å². The topological polar surface area (TPSA) is 58.9 Å². The maximum Gasteiger partial charge on any atom is 0.192 e. The third-order valence-corrected chi connectivity index (χ3v) is 16.2. The van der Waals surface area contributed by atoms with Crippen LogP contribution in [0.5, 0.6) is 0 Å². The van der Waals surface area contributed by atoms with Crippen LogP contribution in [0.4, 0.5) is 0 Å². The van der Waals surface area contributed by atoms with E-state index in [1.54, 1.807) is 0 Å². The predicted octanol–water partition coefficient (Wildman–Crippen LogP) is 4.78. The Morgan fingerprint density at radius 1 is 0.769 bits per heavy atom. The van der Waals surface area contributed by atoms with Gasteiger partial charge in [-0.05, 0) is 55.0 Å². The molecule has 4 atom stereocenters. The molecule has 1 fully saturated rings. The summed E-state index contributed by atoms with van der Waals surface area (Å²) in [4.78, 5) is 0. The zero-order chi connectivity index (χ0) is 20.6. The molecule has 4 nitrogen and oxygen atoms in total. The average Bonchev–Trinajstić information content (AvgIpc) is 2.72. The zero-order valence-electron chi connectivity index (χ0n) is 18.8. The number of aliphatic hydroxyl groups excluding tert-OH is 2. The van der Waals surface area contributed by atoms with Gasteiger partial charge in [-0.1, -0.05) is 41.5 Å². The van der Waals surface area contributed by atoms with E-state index in [9.17, 15) is 10.2 Å². The third kappa shape index (κ3) is 5.42. The minimum atomic E-state index is -1.92. The lowest BCUT2D eigenvalue weighted by atomic mass is 9.92. The van der Waals surface area contributed by atoms with Gasteiger partial charge in [-0.2, -0.15) is 0 Å². The van der Waals surface area contributed by atoms with Crippen molar-refractivity contribution in [2.75, 3.05) is 13.2 Å². The van der Waals surface area contributed by atoms with Crippen molar-refractivity contribution in [1.29, 1.82) is 0 Å². The maximum atomic E-state index is 10.1. The van der Waals surface area contributed by atoms with E-state index < -0.39 is 16.6 Å². The standard InChI is InChI=1S/C20H44O4Si2/c1-19(2,3)25(7,8)23-17-13-18(16(14-22)15(17)11-12-21)24-26(9,10)20(4,5)6/h15-18,21-22H,11-14H2,1-10H3/t15-,16+,17-,18+/m1/s1. The second-order valence-electron chi connectivity index (χ2n) is 11.1. The molecule has 0 saturated heterocycles. The molecule has 0 bridgehead atoms. The predicted molar refractivity (Wildman–Crippen MR) is 115 cm³/mol. The van der Waals surface area contributed by atoms with E-state index in [0.29, 0.717) is 6.42 Å². The molecule has 26 heavy (non-hydrogen) atoms. The molecule has 1 saturated carbocycles. The fourth-order valence-electron chi connectivity index (χ4n) is 3.31. The molecule has 0 unspecified atom stereocenters. The molecule has 0 heterocycles. The number of rotatable bonds is 7. The summed E-state index contributed by atoms with van der Waals surface area (Å²) in [6.07, 6.45) is 1.58. The van der Waals surface area contributed by atoms with Crippen LogP contribution < -0.4 is 0 Å². The highest BCUT2D eigenvalue weighted by atomic mass is 28.4. The summed E-state index contributed by atoms with van der Waals surface area (Å²) in [6.45, 7) is 22.8. The Bertz CT molecular complexity index is 452. The van der Waals surface area contributed by atoms with Crippen molar-refractivity contribution >= 4 is 16.6 Å². The summed E-state index contributed by atoms with van der Waals surface area (Å²) in [5.41, 5.74) is 0. The summed E-state index contributed by atoms with van der Waals surface area (Å²) in [5, 5.41) is 20.0. The molecule has 0 spiro atoms. The van der Waals surface area contributed by atoms with E-state index in [-0.39, 0.29) is 47.3 Å². The maximum absolute atomic E-state index is 10.1. The van der Waals surface area contributed by atoms with Gasteiger partial charge in [0.25, 0.3) is 0 Å². The van der Waals surface area contributed by atoms with Crippen LogP contribution >= 0.6 is 0 Å². The monoisotopic (exact) mass is 404 g/mol. The van der Waals surface area contributed by atoms with E-state index in [0.717, 1.165) is 6.42 Å². The van der Waals surface area contributed by atoms with Crippen molar-refractivity contribution in [3.8, 4) is 0 Å². The van der Waals surface area contributed by atoms with Gasteiger partial charge in [-0.3, -0.25) is 0 Å². The van der Waals surface area contributed by atoms with Crippen LogP contribution in [0.15, 0.2) is 0 Å². The van der Waals surface area contributed by atoms with Gasteiger partial charge in [0.2, 0.25) is 0 Å². The van der Waals surface area contributed by atoms with Crippen LogP contribution in [0.2, 0.25) is 36.3 Å². The first-order valence-corrected chi connectivity index (χ1v) is 16.0. The Labute approximate surface area is 163 Å². The number of hydrogen-bond acceptors (Lipinski definition) is 4. The SMILES string of the molecule is CC(C)(C)[Si](C)(C)O[C@H]1C[C@@H](O[Si](C)(C)C(C)(C)C)[C@H](CCO)[C@@H]1CO. The van der Waals surface area contributed by atoms with Crippen LogP contribution in [0, 0.1) is 11.8 Å². The molecule has 0 aliphatic heterocycles. The van der Waals surface area contributed by atoms with Crippen LogP contribution in [-0.2, 0) is 8.85 Å². The molecule has 0 amide bonds. The summed E-state index contributed by atoms with van der Waals surface area (Å²) < 4.78 is 13.4. The fraction of sp³-hybridized carbons (Fsp3) is 1.00. The summed E-state index contributed by atoms with van der Waals surface area (Å²) >= 11 is 0. The van der Waals surface area contributed by atoms with Crippen LogP contribution in [0.25, 0.3) is 0 Å². The second kappa shape index (κ2) is 8.33. The molecule has 0 aromatic carbocycles. The van der Waals surface area contributed by atoms with Crippen molar-refractivity contribution < 1.29 is 19.1 Å². The smallest absolute Gasteiger partial charge is 0.192 e. The quantitative estimate of drug-likeness (QED) is 0.600. The molecule has 6 heteroatoms. The summed E-state index contributed by atoms with van der Waals surface area (Å²) in [7, 11) is -3.84. The Balaban J connectivity index is 3.06. The van der Waals surface area contributed by atoms with E-state index in [1.165, 1.54) is 0 Å². The average molecular weight is 405 g/mol. The Morgan fingerprint density at radius 3 is 1.46 bits per heavy atom. The van der Waals surface area contributed by atoms with Crippen molar-refractivity contribution in [1.82, 2.24) is 0 Å². The number of aliphatic hydroxyl groups is 2. The van der Waals surface area contributed by atoms with Gasteiger partial charge < -0.3 is 19.1 Å². The first kappa shape index (κ1) is 24.3. The largest absolute Gasteiger partial charge is 0.414 e. The molecule has 1 aliphatic rings. The van der Waals surface area contributed by atoms with Crippen molar-refractivity contribution in [2.45, 2.75) is 103 Å². The van der Waals surface area contributed by atoms with Gasteiger partial charge in [-0.25, -0.2) is 0 Å². The fourth-order valence-corrected chi connectivity index (χ4v) is 6.08. The zero-order valence-corrected chi connectivity index (χ0v) is 20.8. The van der Waals surface area contributed by atoms with Crippen LogP contribution in [-0.4, -0.2) is 52.3 Å². The lowest BCUT2D eigenvalue weighted by Crippen LogP contribution is -2.45. The van der Waals surface area contributed by atoms with Gasteiger partial charge >= 0.3 is 0 Å². The number of hydrogen-bond donors (Lipinski definition) is 2. The minimum absolute atomic E-state index is 0.0206. The lowest BCUT2D eigenvalue weighted by Gasteiger charge is -2.40. The highest BCUT2D eigenvalue weighted by Gasteiger charge is 2.50. The first-order chi connectivity index (χ1) is 11.6. The lowest BCUT2D eigenvalue weighted by molar-refractivity contribution is 0.0619. The molecular weight excluding hydrogens is 360 g/mol. The molecule has 1 rings (SSSR count). The van der Waals surface area contributed by atoms with E-state index in [1.807, 2.05) is 0 Å². The molecule has 156 valence electrons. The highest BCUT2D eigenvalue weighted by molar-refractivity contribution is 6.74. The van der Waals surface area contributed by atoms with Crippen molar-refractivity contribution in [3.05, 3.63) is 0 Å². The molecular formula is C20H44O4Si2. The molecule has 0 aromatic rings. The normalized spacial score (nSPS) is 28.6. The first-order valence-electron chi connectivity index (χ1n) is 10.1. The van der Waals surface area contributed by atoms with Gasteiger partial charge in [0, 0.05) is 19.1 Å². The van der Waals surface area contributed by atoms with Gasteiger partial charge in [-0.15, -0.1) is 0 Å². The molecule has 1 aliphatic carbocycles. The van der Waals surface area contributed by atoms with Crippen LogP contribution in [0.3, 0.4) is 0 Å². The Kier molecular flexibility index (Phi) is 7.79. The summed E-state index contributed by atoms with van der Waals surface area (Å²) in [6, 6.07) is 0. The Morgan fingerprint density at radius 2 is 1.15 bits per heavy atom. The Hall–Kier alpha value is 0.274. The highest BCUT2D eigenvalue weighted by Crippen LogP contribution is 2.46. The van der Waals surface area contributed by atoms with E-state index in [2.05, 4.69) is 67.7 Å². The third-order valence-electron chi connectivity index (χ3n) is 7.15. The summed E-state index contributed by atoms with van der Waals surface area (Å²) in [5.74, 6) is 0.208.